The van der Waals surface area contributed by atoms with Gasteiger partial charge in [0.15, 0.2) is 0 Å². The Labute approximate surface area is 74.9 Å². The highest BCUT2D eigenvalue weighted by Crippen LogP contribution is 2.15. The first-order valence-corrected chi connectivity index (χ1v) is 3.64. The Bertz CT molecular complexity index is 323. The number of anilines is 1. The molecule has 2 N–H and O–H groups in total. The van der Waals surface area contributed by atoms with Gasteiger partial charge in [0.1, 0.15) is 11.4 Å². The van der Waals surface area contributed by atoms with Crippen LogP contribution in [0.1, 0.15) is 5.56 Å². The van der Waals surface area contributed by atoms with Crippen LogP contribution in [0.25, 0.3) is 6.08 Å². The molecule has 0 aliphatic carbocycles. The second kappa shape index (κ2) is 3.88. The van der Waals surface area contributed by atoms with Crippen LogP contribution in [0.3, 0.4) is 0 Å². The van der Waals surface area contributed by atoms with E-state index in [2.05, 4.69) is 4.98 Å². The molecular weight excluding hydrogens is 176 g/mol. The maximum atomic E-state index is 9.98. The lowest BCUT2D eigenvalue weighted by molar-refractivity contribution is -0.104. The lowest BCUT2D eigenvalue weighted by Crippen LogP contribution is -1.90. The number of aromatic nitrogens is 1. The van der Waals surface area contributed by atoms with Gasteiger partial charge in [-0.05, 0) is 18.2 Å². The number of pyridine rings is 1. The zero-order valence-corrected chi connectivity index (χ0v) is 6.95. The molecule has 0 saturated carbocycles. The highest BCUT2D eigenvalue weighted by atomic mass is 35.5. The fourth-order valence-corrected chi connectivity index (χ4v) is 0.903. The normalized spacial score (nSPS) is 10.4. The summed E-state index contributed by atoms with van der Waals surface area (Å²) in [6, 6.07) is 1.53. The Morgan fingerprint density at radius 1 is 1.58 bits per heavy atom. The van der Waals surface area contributed by atoms with Gasteiger partial charge in [-0.3, -0.25) is 4.79 Å². The number of aldehydes is 1. The number of carbonyl (C=O) groups excluding carboxylic acids is 1. The third-order valence-electron chi connectivity index (χ3n) is 1.29. The molecule has 0 spiro atoms. The molecule has 0 saturated heterocycles. The number of nitrogens with two attached hydrogens (primary N) is 1. The number of hydrogen-bond acceptors (Lipinski definition) is 3. The number of nitrogen functional groups attached to an aromatic ring is 1. The average Bonchev–Trinajstić information content (AvgIpc) is 2.03. The molecule has 0 amide bonds. The fourth-order valence-electron chi connectivity index (χ4n) is 0.737. The van der Waals surface area contributed by atoms with Crippen molar-refractivity contribution >= 4 is 29.7 Å². The summed E-state index contributed by atoms with van der Waals surface area (Å²) in [6.45, 7) is 0. The molecule has 1 heterocycles. The number of allylic oxidation sites excluding steroid dienone is 1. The van der Waals surface area contributed by atoms with E-state index in [1.165, 1.54) is 18.3 Å². The van der Waals surface area contributed by atoms with E-state index in [4.69, 9.17) is 17.3 Å². The van der Waals surface area contributed by atoms with E-state index in [0.29, 0.717) is 22.7 Å². The molecule has 0 bridgehead atoms. The van der Waals surface area contributed by atoms with Gasteiger partial charge in [0.25, 0.3) is 0 Å². The molecule has 1 aromatic heterocycles. The van der Waals surface area contributed by atoms with Crippen LogP contribution >= 0.6 is 11.6 Å². The van der Waals surface area contributed by atoms with Crippen molar-refractivity contribution in [1.82, 2.24) is 4.98 Å². The van der Waals surface area contributed by atoms with Gasteiger partial charge in [-0.15, -0.1) is 0 Å². The molecule has 1 rings (SSSR count). The lowest BCUT2D eigenvalue weighted by atomic mass is 10.2. The molecule has 0 fully saturated rings. The maximum Gasteiger partial charge on any atom is 0.142 e. The van der Waals surface area contributed by atoms with E-state index in [-0.39, 0.29) is 0 Å². The molecule has 12 heavy (non-hydrogen) atoms. The highest BCUT2D eigenvalue weighted by Gasteiger charge is 1.95. The lowest BCUT2D eigenvalue weighted by Gasteiger charge is -1.98. The van der Waals surface area contributed by atoms with Gasteiger partial charge < -0.3 is 5.73 Å². The highest BCUT2D eigenvalue weighted by molar-refractivity contribution is 6.29. The first-order valence-electron chi connectivity index (χ1n) is 3.27. The summed E-state index contributed by atoms with van der Waals surface area (Å²) in [4.78, 5) is 13.8. The first-order chi connectivity index (χ1) is 5.74. The summed E-state index contributed by atoms with van der Waals surface area (Å²) in [7, 11) is 0. The van der Waals surface area contributed by atoms with Crippen LogP contribution in [0.4, 0.5) is 5.69 Å². The summed E-state index contributed by atoms with van der Waals surface area (Å²) in [5, 5.41) is 0.343. The van der Waals surface area contributed by atoms with Crippen LogP contribution in [0.5, 0.6) is 0 Å². The van der Waals surface area contributed by atoms with E-state index < -0.39 is 0 Å². The molecule has 0 aromatic carbocycles. The summed E-state index contributed by atoms with van der Waals surface area (Å²) in [5.74, 6) is 0. The molecule has 0 unspecified atom stereocenters. The van der Waals surface area contributed by atoms with Gasteiger partial charge >= 0.3 is 0 Å². The fraction of sp³-hybridized carbons (Fsp3) is 0. The minimum Gasteiger partial charge on any atom is -0.398 e. The van der Waals surface area contributed by atoms with Gasteiger partial charge in [0.2, 0.25) is 0 Å². The van der Waals surface area contributed by atoms with Crippen molar-refractivity contribution in [3.63, 3.8) is 0 Å². The Kier molecular flexibility index (Phi) is 2.82. The van der Waals surface area contributed by atoms with E-state index in [0.717, 1.165) is 0 Å². The van der Waals surface area contributed by atoms with Crippen LogP contribution < -0.4 is 5.73 Å². The molecule has 3 nitrogen and oxygen atoms in total. The molecule has 0 atom stereocenters. The van der Waals surface area contributed by atoms with Gasteiger partial charge in [0, 0.05) is 17.4 Å². The number of hydrogen-bond donors (Lipinski definition) is 1. The van der Waals surface area contributed by atoms with Crippen molar-refractivity contribution in [2.75, 3.05) is 5.73 Å². The van der Waals surface area contributed by atoms with E-state index in [9.17, 15) is 4.79 Å². The minimum atomic E-state index is 0.343. The van der Waals surface area contributed by atoms with Crippen LogP contribution in [-0.2, 0) is 4.79 Å². The quantitative estimate of drug-likeness (QED) is 0.429. The maximum absolute atomic E-state index is 9.98. The number of nitrogens with zero attached hydrogens (tertiary/aromatic N) is 1. The van der Waals surface area contributed by atoms with Crippen LogP contribution in [-0.4, -0.2) is 11.3 Å². The van der Waals surface area contributed by atoms with E-state index in [1.54, 1.807) is 6.08 Å². The zero-order valence-electron chi connectivity index (χ0n) is 6.20. The Balaban J connectivity index is 3.01. The van der Waals surface area contributed by atoms with Crippen molar-refractivity contribution in [3.05, 3.63) is 29.1 Å². The molecular formula is C8H7ClN2O. The van der Waals surface area contributed by atoms with Crippen LogP contribution in [0.2, 0.25) is 5.15 Å². The first kappa shape index (κ1) is 8.74. The molecule has 62 valence electrons. The van der Waals surface area contributed by atoms with Crippen LogP contribution in [0, 0.1) is 0 Å². The van der Waals surface area contributed by atoms with Crippen molar-refractivity contribution in [3.8, 4) is 0 Å². The topological polar surface area (TPSA) is 56.0 Å². The predicted octanol–water partition coefficient (Wildman–Crippen LogP) is 1.53. The van der Waals surface area contributed by atoms with Gasteiger partial charge in [-0.2, -0.15) is 0 Å². The SMILES string of the molecule is Nc1cc(Cl)ncc1C=CC=O. The second-order valence-corrected chi connectivity index (χ2v) is 2.52. The van der Waals surface area contributed by atoms with Crippen molar-refractivity contribution in [1.29, 1.82) is 0 Å². The minimum absolute atomic E-state index is 0.343. The second-order valence-electron chi connectivity index (χ2n) is 2.13. The Morgan fingerprint density at radius 3 is 2.92 bits per heavy atom. The monoisotopic (exact) mass is 182 g/mol. The summed E-state index contributed by atoms with van der Waals surface area (Å²) in [5.41, 5.74) is 6.76. The summed E-state index contributed by atoms with van der Waals surface area (Å²) in [6.07, 6.45) is 5.11. The predicted molar refractivity (Wildman–Crippen MR) is 48.8 cm³/mol. The van der Waals surface area contributed by atoms with Gasteiger partial charge in [-0.25, -0.2) is 4.98 Å². The zero-order chi connectivity index (χ0) is 8.97. The number of rotatable bonds is 2. The van der Waals surface area contributed by atoms with Crippen molar-refractivity contribution in [2.45, 2.75) is 0 Å². The average molecular weight is 183 g/mol. The Hall–Kier alpha value is -1.35. The van der Waals surface area contributed by atoms with Gasteiger partial charge in [-0.1, -0.05) is 11.6 Å². The molecule has 0 aliphatic rings. The molecule has 0 radical (unpaired) electrons. The number of halogens is 1. The smallest absolute Gasteiger partial charge is 0.142 e. The van der Waals surface area contributed by atoms with Crippen molar-refractivity contribution in [2.24, 2.45) is 0 Å². The largest absolute Gasteiger partial charge is 0.398 e. The van der Waals surface area contributed by atoms with Crippen molar-refractivity contribution < 1.29 is 4.79 Å². The van der Waals surface area contributed by atoms with E-state index >= 15 is 0 Å². The molecule has 4 heteroatoms. The van der Waals surface area contributed by atoms with Gasteiger partial charge in [0.05, 0.1) is 0 Å². The molecule has 1 aromatic rings. The third-order valence-corrected chi connectivity index (χ3v) is 1.50. The molecule has 0 aliphatic heterocycles. The number of carbonyl (C=O) groups is 1. The third kappa shape index (κ3) is 2.07. The summed E-state index contributed by atoms with van der Waals surface area (Å²) < 4.78 is 0. The summed E-state index contributed by atoms with van der Waals surface area (Å²) >= 11 is 5.57. The standard InChI is InChI=1S/C8H7ClN2O/c9-8-4-7(10)6(5-11-8)2-1-3-12/h1-5H,(H2,10,11). The van der Waals surface area contributed by atoms with E-state index in [1.807, 2.05) is 0 Å². The van der Waals surface area contributed by atoms with Crippen LogP contribution in [0.15, 0.2) is 18.3 Å². The Morgan fingerprint density at radius 2 is 2.33 bits per heavy atom.